The Balaban J connectivity index is 2.58. The first kappa shape index (κ1) is 14.0. The molecule has 0 bridgehead atoms. The predicted octanol–water partition coefficient (Wildman–Crippen LogP) is 3.87. The summed E-state index contributed by atoms with van der Waals surface area (Å²) in [4.78, 5) is 0. The largest absolute Gasteiger partial charge is 0.508 e. The predicted molar refractivity (Wildman–Crippen MR) is 73.2 cm³/mol. The lowest BCUT2D eigenvalue weighted by molar-refractivity contribution is 0.350. The molecular weight excluding hydrogens is 210 g/mol. The molecule has 1 rings (SSSR count). The van der Waals surface area contributed by atoms with Gasteiger partial charge < -0.3 is 10.4 Å². The van der Waals surface area contributed by atoms with E-state index in [1.807, 2.05) is 18.2 Å². The van der Waals surface area contributed by atoms with E-state index in [0.29, 0.717) is 11.2 Å². The topological polar surface area (TPSA) is 32.3 Å². The van der Waals surface area contributed by atoms with E-state index in [-0.39, 0.29) is 6.04 Å². The third-order valence-electron chi connectivity index (χ3n) is 2.99. The zero-order valence-electron chi connectivity index (χ0n) is 11.5. The van der Waals surface area contributed by atoms with Gasteiger partial charge in [0.25, 0.3) is 0 Å². The lowest BCUT2D eigenvalue weighted by atomic mass is 9.92. The molecule has 2 heteroatoms. The third-order valence-corrected chi connectivity index (χ3v) is 2.99. The fourth-order valence-corrected chi connectivity index (χ4v) is 1.88. The van der Waals surface area contributed by atoms with Gasteiger partial charge in [0.05, 0.1) is 0 Å². The van der Waals surface area contributed by atoms with E-state index >= 15 is 0 Å². The molecule has 17 heavy (non-hydrogen) atoms. The molecule has 0 heterocycles. The number of benzene rings is 1. The number of hydrogen-bond donors (Lipinski definition) is 2. The summed E-state index contributed by atoms with van der Waals surface area (Å²) < 4.78 is 0. The number of aromatic hydroxyl groups is 1. The molecule has 0 aliphatic rings. The quantitative estimate of drug-likeness (QED) is 0.812. The van der Waals surface area contributed by atoms with Crippen LogP contribution in [-0.4, -0.2) is 11.7 Å². The van der Waals surface area contributed by atoms with Crippen molar-refractivity contribution < 1.29 is 5.11 Å². The van der Waals surface area contributed by atoms with Gasteiger partial charge in [0.2, 0.25) is 0 Å². The molecule has 2 N–H and O–H groups in total. The number of phenols is 1. The van der Waals surface area contributed by atoms with E-state index in [9.17, 15) is 5.11 Å². The standard InChI is InChI=1S/C15H25NO/c1-5-13(16-11-10-15(2,3)4)12-8-6-7-9-14(12)17/h6-9,13,16-17H,5,10-11H2,1-4H3. The van der Waals surface area contributed by atoms with Crippen LogP contribution in [0.5, 0.6) is 5.75 Å². The second-order valence-electron chi connectivity index (χ2n) is 5.78. The van der Waals surface area contributed by atoms with Crippen LogP contribution in [0.15, 0.2) is 24.3 Å². The molecule has 2 nitrogen and oxygen atoms in total. The molecule has 0 aromatic heterocycles. The lowest BCUT2D eigenvalue weighted by Crippen LogP contribution is -2.25. The molecule has 0 aliphatic carbocycles. The van der Waals surface area contributed by atoms with Crippen LogP contribution in [0.3, 0.4) is 0 Å². The van der Waals surface area contributed by atoms with Crippen molar-refractivity contribution in [3.05, 3.63) is 29.8 Å². The zero-order valence-corrected chi connectivity index (χ0v) is 11.5. The van der Waals surface area contributed by atoms with Gasteiger partial charge >= 0.3 is 0 Å². The van der Waals surface area contributed by atoms with Gasteiger partial charge in [0, 0.05) is 11.6 Å². The van der Waals surface area contributed by atoms with E-state index in [1.165, 1.54) is 0 Å². The Labute approximate surface area is 105 Å². The molecule has 0 fully saturated rings. The van der Waals surface area contributed by atoms with Crippen molar-refractivity contribution in [2.24, 2.45) is 5.41 Å². The number of rotatable bonds is 5. The number of hydrogen-bond acceptors (Lipinski definition) is 2. The molecule has 0 spiro atoms. The normalized spacial score (nSPS) is 13.6. The second kappa shape index (κ2) is 6.06. The van der Waals surface area contributed by atoms with Crippen molar-refractivity contribution in [1.82, 2.24) is 5.32 Å². The van der Waals surface area contributed by atoms with Crippen molar-refractivity contribution in [3.63, 3.8) is 0 Å². The molecule has 0 saturated carbocycles. The van der Waals surface area contributed by atoms with Crippen molar-refractivity contribution >= 4 is 0 Å². The van der Waals surface area contributed by atoms with Crippen LogP contribution in [0.4, 0.5) is 0 Å². The highest BCUT2D eigenvalue weighted by atomic mass is 16.3. The van der Waals surface area contributed by atoms with Crippen molar-refractivity contribution in [1.29, 1.82) is 0 Å². The molecule has 0 aliphatic heterocycles. The summed E-state index contributed by atoms with van der Waals surface area (Å²) in [6.07, 6.45) is 2.12. The molecular formula is C15H25NO. The highest BCUT2D eigenvalue weighted by Crippen LogP contribution is 2.26. The maximum Gasteiger partial charge on any atom is 0.120 e. The van der Waals surface area contributed by atoms with Gasteiger partial charge in [-0.05, 0) is 30.9 Å². The SMILES string of the molecule is CCC(NCCC(C)(C)C)c1ccccc1O. The maximum atomic E-state index is 9.83. The summed E-state index contributed by atoms with van der Waals surface area (Å²) >= 11 is 0. The van der Waals surface area contributed by atoms with Gasteiger partial charge in [0.1, 0.15) is 5.75 Å². The zero-order chi connectivity index (χ0) is 12.9. The van der Waals surface area contributed by atoms with Crippen LogP contribution in [-0.2, 0) is 0 Å². The lowest BCUT2D eigenvalue weighted by Gasteiger charge is -2.22. The van der Waals surface area contributed by atoms with Gasteiger partial charge in [-0.1, -0.05) is 45.9 Å². The minimum absolute atomic E-state index is 0.249. The van der Waals surface area contributed by atoms with Crippen molar-refractivity contribution in [3.8, 4) is 5.75 Å². The first-order valence-corrected chi connectivity index (χ1v) is 6.45. The molecule has 96 valence electrons. The van der Waals surface area contributed by atoms with E-state index in [4.69, 9.17) is 0 Å². The fraction of sp³-hybridized carbons (Fsp3) is 0.600. The number of nitrogens with one attached hydrogen (secondary N) is 1. The molecule has 1 atom stereocenters. The fourth-order valence-electron chi connectivity index (χ4n) is 1.88. The van der Waals surface area contributed by atoms with E-state index in [1.54, 1.807) is 6.07 Å². The van der Waals surface area contributed by atoms with Gasteiger partial charge in [-0.2, -0.15) is 0 Å². The first-order valence-electron chi connectivity index (χ1n) is 6.45. The Morgan fingerprint density at radius 1 is 1.24 bits per heavy atom. The third kappa shape index (κ3) is 4.78. The smallest absolute Gasteiger partial charge is 0.120 e. The van der Waals surface area contributed by atoms with Crippen molar-refractivity contribution in [2.45, 2.75) is 46.6 Å². The Bertz CT molecular complexity index is 341. The molecule has 0 radical (unpaired) electrons. The average Bonchev–Trinajstić information content (AvgIpc) is 2.24. The maximum absolute atomic E-state index is 9.83. The summed E-state index contributed by atoms with van der Waals surface area (Å²) in [5.41, 5.74) is 1.35. The van der Waals surface area contributed by atoms with Gasteiger partial charge in [-0.15, -0.1) is 0 Å². The molecule has 0 amide bonds. The van der Waals surface area contributed by atoms with Crippen LogP contribution in [0.2, 0.25) is 0 Å². The summed E-state index contributed by atoms with van der Waals surface area (Å²) in [5, 5.41) is 13.4. The molecule has 0 saturated heterocycles. The Hall–Kier alpha value is -1.02. The summed E-state index contributed by atoms with van der Waals surface area (Å²) in [5.74, 6) is 0.391. The van der Waals surface area contributed by atoms with E-state index in [0.717, 1.165) is 24.9 Å². The first-order chi connectivity index (χ1) is 7.94. The molecule has 1 unspecified atom stereocenters. The summed E-state index contributed by atoms with van der Waals surface area (Å²) in [6.45, 7) is 9.86. The summed E-state index contributed by atoms with van der Waals surface area (Å²) in [6, 6.07) is 7.83. The average molecular weight is 235 g/mol. The van der Waals surface area contributed by atoms with Crippen LogP contribution in [0, 0.1) is 5.41 Å². The Kier molecular flexibility index (Phi) is 5.01. The number of phenolic OH excluding ortho intramolecular Hbond substituents is 1. The van der Waals surface area contributed by atoms with Crippen LogP contribution < -0.4 is 5.32 Å². The van der Waals surface area contributed by atoms with Crippen molar-refractivity contribution in [2.75, 3.05) is 6.54 Å². The van der Waals surface area contributed by atoms with Crippen LogP contribution in [0.25, 0.3) is 0 Å². The Morgan fingerprint density at radius 3 is 2.41 bits per heavy atom. The highest BCUT2D eigenvalue weighted by molar-refractivity contribution is 5.34. The molecule has 1 aromatic rings. The van der Waals surface area contributed by atoms with Crippen LogP contribution in [0.1, 0.15) is 52.1 Å². The van der Waals surface area contributed by atoms with Gasteiger partial charge in [0.15, 0.2) is 0 Å². The minimum atomic E-state index is 0.249. The Morgan fingerprint density at radius 2 is 1.88 bits per heavy atom. The summed E-state index contributed by atoms with van der Waals surface area (Å²) in [7, 11) is 0. The molecule has 1 aromatic carbocycles. The monoisotopic (exact) mass is 235 g/mol. The van der Waals surface area contributed by atoms with E-state index in [2.05, 4.69) is 33.0 Å². The minimum Gasteiger partial charge on any atom is -0.508 e. The second-order valence-corrected chi connectivity index (χ2v) is 5.78. The number of para-hydroxylation sites is 1. The van der Waals surface area contributed by atoms with Gasteiger partial charge in [-0.25, -0.2) is 0 Å². The highest BCUT2D eigenvalue weighted by Gasteiger charge is 2.14. The van der Waals surface area contributed by atoms with Gasteiger partial charge in [-0.3, -0.25) is 0 Å². The van der Waals surface area contributed by atoms with Crippen LogP contribution >= 0.6 is 0 Å². The van der Waals surface area contributed by atoms with E-state index < -0.39 is 0 Å².